The number of nitrogens with zero attached hydrogens (tertiary/aromatic N) is 1. The van der Waals surface area contributed by atoms with Crippen molar-refractivity contribution in [2.24, 2.45) is 0 Å². The topological polar surface area (TPSA) is 110 Å². The molecule has 0 aliphatic rings. The molecule has 0 aliphatic heterocycles. The largest absolute Gasteiger partial charge is 0.777 e. The molecule has 3 unspecified atom stereocenters. The summed E-state index contributed by atoms with van der Waals surface area (Å²) in [6.45, 7) is -0.810. The van der Waals surface area contributed by atoms with Gasteiger partial charge >= 0.3 is 0 Å². The highest BCUT2D eigenvalue weighted by Gasteiger charge is 2.28. The van der Waals surface area contributed by atoms with Gasteiger partial charge in [0.05, 0.1) is 34.4 Å². The van der Waals surface area contributed by atoms with Gasteiger partial charge in [0.1, 0.15) is 12.6 Å². The number of likely N-dealkylation sites (N-methyl/N-ethyl adjacent to an activating group) is 1. The summed E-state index contributed by atoms with van der Waals surface area (Å²) >= 11 is 0. The third-order valence-electron chi connectivity index (χ3n) is 1.76. The molecule has 0 aromatic rings. The molecule has 16 heavy (non-hydrogen) atoms. The third kappa shape index (κ3) is 7.29. The zero-order valence-electron chi connectivity index (χ0n) is 9.74. The van der Waals surface area contributed by atoms with Crippen molar-refractivity contribution in [3.05, 3.63) is 0 Å². The van der Waals surface area contributed by atoms with E-state index in [1.807, 2.05) is 0 Å². The summed E-state index contributed by atoms with van der Waals surface area (Å²) in [5.41, 5.74) is 0. The zero-order valence-corrected chi connectivity index (χ0v) is 10.6. The second-order valence-corrected chi connectivity index (χ2v) is 6.37. The SMILES string of the molecule is C[N+](C)(C)CC(OCC(O)CO)P(=O)([O-])O. The van der Waals surface area contributed by atoms with Gasteiger partial charge in [0, 0.05) is 0 Å². The lowest BCUT2D eigenvalue weighted by molar-refractivity contribution is -0.872. The Kier molecular flexibility index (Phi) is 6.06. The molecule has 0 amide bonds. The highest BCUT2D eigenvalue weighted by molar-refractivity contribution is 7.50. The summed E-state index contributed by atoms with van der Waals surface area (Å²) in [5.74, 6) is -1.38. The van der Waals surface area contributed by atoms with E-state index in [0.29, 0.717) is 0 Å². The van der Waals surface area contributed by atoms with Gasteiger partial charge in [-0.2, -0.15) is 0 Å². The van der Waals surface area contributed by atoms with E-state index in [-0.39, 0.29) is 17.6 Å². The Morgan fingerprint density at radius 3 is 2.25 bits per heavy atom. The van der Waals surface area contributed by atoms with Crippen LogP contribution in [0.3, 0.4) is 0 Å². The van der Waals surface area contributed by atoms with Crippen LogP contribution in [0.25, 0.3) is 0 Å². The smallest absolute Gasteiger partial charge is 0.169 e. The van der Waals surface area contributed by atoms with Gasteiger partial charge in [-0.1, -0.05) is 0 Å². The summed E-state index contributed by atoms with van der Waals surface area (Å²) < 4.78 is 16.2. The van der Waals surface area contributed by atoms with Gasteiger partial charge in [0.2, 0.25) is 0 Å². The van der Waals surface area contributed by atoms with Crippen molar-refractivity contribution in [1.82, 2.24) is 0 Å². The van der Waals surface area contributed by atoms with Crippen LogP contribution in [-0.2, 0) is 9.30 Å². The number of aliphatic hydroxyl groups excluding tert-OH is 2. The molecule has 98 valence electrons. The van der Waals surface area contributed by atoms with Crippen molar-refractivity contribution in [2.75, 3.05) is 40.9 Å². The van der Waals surface area contributed by atoms with E-state index in [1.165, 1.54) is 0 Å². The standard InChI is InChI=1S/C8H20NO6P/c1-9(2,3)4-8(16(12,13)14)15-6-7(11)5-10/h7-8,10-11H,4-6H2,1-3H3,(H-,12,13,14). The van der Waals surface area contributed by atoms with Crippen molar-refractivity contribution in [3.63, 3.8) is 0 Å². The maximum Gasteiger partial charge on any atom is 0.169 e. The molecule has 0 radical (unpaired) electrons. The van der Waals surface area contributed by atoms with Crippen LogP contribution in [-0.4, -0.2) is 72.4 Å². The van der Waals surface area contributed by atoms with Gasteiger partial charge in [-0.15, -0.1) is 0 Å². The minimum Gasteiger partial charge on any atom is -0.777 e. The highest BCUT2D eigenvalue weighted by Crippen LogP contribution is 2.37. The van der Waals surface area contributed by atoms with Crippen molar-refractivity contribution < 1.29 is 33.8 Å². The maximum atomic E-state index is 11.0. The Hall–Kier alpha value is -0.0100. The predicted octanol–water partition coefficient (Wildman–Crippen LogP) is -2.07. The molecular weight excluding hydrogens is 237 g/mol. The normalized spacial score (nSPS) is 20.2. The minimum atomic E-state index is -4.62. The highest BCUT2D eigenvalue weighted by atomic mass is 31.2. The van der Waals surface area contributed by atoms with Crippen LogP contribution in [0.4, 0.5) is 0 Å². The van der Waals surface area contributed by atoms with Gasteiger partial charge in [0.15, 0.2) is 13.4 Å². The molecule has 0 heterocycles. The van der Waals surface area contributed by atoms with Gasteiger partial charge in [-0.05, 0) is 0 Å². The Morgan fingerprint density at radius 2 is 1.94 bits per heavy atom. The van der Waals surface area contributed by atoms with Crippen LogP contribution < -0.4 is 4.89 Å². The van der Waals surface area contributed by atoms with E-state index in [1.54, 1.807) is 21.1 Å². The molecule has 0 spiro atoms. The van der Waals surface area contributed by atoms with Crippen molar-refractivity contribution in [2.45, 2.75) is 11.9 Å². The van der Waals surface area contributed by atoms with Crippen molar-refractivity contribution in [3.8, 4) is 0 Å². The molecule has 0 aromatic carbocycles. The Bertz CT molecular complexity index is 247. The summed E-state index contributed by atoms with van der Waals surface area (Å²) in [4.78, 5) is 20.0. The van der Waals surface area contributed by atoms with Crippen molar-refractivity contribution in [1.29, 1.82) is 0 Å². The molecule has 3 atom stereocenters. The zero-order chi connectivity index (χ0) is 13.0. The van der Waals surface area contributed by atoms with E-state index in [2.05, 4.69) is 0 Å². The molecule has 0 bridgehead atoms. The number of ether oxygens (including phenoxy) is 1. The van der Waals surface area contributed by atoms with Crippen LogP contribution >= 0.6 is 7.60 Å². The van der Waals surface area contributed by atoms with Gasteiger partial charge < -0.3 is 33.8 Å². The molecule has 7 nitrogen and oxygen atoms in total. The van der Waals surface area contributed by atoms with E-state index in [0.717, 1.165) is 0 Å². The summed E-state index contributed by atoms with van der Waals surface area (Å²) in [7, 11) is 0.614. The fourth-order valence-electron chi connectivity index (χ4n) is 0.993. The van der Waals surface area contributed by atoms with E-state index in [9.17, 15) is 9.46 Å². The molecule has 3 N–H and O–H groups in total. The number of hydrogen-bond acceptors (Lipinski definition) is 5. The average molecular weight is 257 g/mol. The van der Waals surface area contributed by atoms with Gasteiger partial charge in [0.25, 0.3) is 0 Å². The second-order valence-electron chi connectivity index (χ2n) is 4.66. The van der Waals surface area contributed by atoms with Gasteiger partial charge in [-0.3, -0.25) is 0 Å². The number of rotatable bonds is 7. The lowest BCUT2D eigenvalue weighted by Gasteiger charge is -2.33. The molecule has 0 fully saturated rings. The minimum absolute atomic E-state index is 0.0510. The molecule has 0 saturated carbocycles. The predicted molar refractivity (Wildman–Crippen MR) is 55.6 cm³/mol. The van der Waals surface area contributed by atoms with E-state index < -0.39 is 26.2 Å². The van der Waals surface area contributed by atoms with E-state index >= 15 is 0 Å². The molecule has 0 rings (SSSR count). The molecule has 8 heteroatoms. The first kappa shape index (κ1) is 16.0. The van der Waals surface area contributed by atoms with E-state index in [4.69, 9.17) is 19.8 Å². The molecule has 0 aromatic heterocycles. The lowest BCUT2D eigenvalue weighted by atomic mass is 10.4. The quantitative estimate of drug-likeness (QED) is 0.357. The fourth-order valence-corrected chi connectivity index (χ4v) is 1.96. The van der Waals surface area contributed by atoms with Crippen LogP contribution in [0.5, 0.6) is 0 Å². The first-order chi connectivity index (χ1) is 7.06. The number of quaternary nitrogens is 1. The summed E-state index contributed by atoms with van der Waals surface area (Å²) in [6.07, 6.45) is -1.15. The Balaban J connectivity index is 4.41. The average Bonchev–Trinajstić information content (AvgIpc) is 2.08. The molecule has 0 saturated heterocycles. The summed E-state index contributed by atoms with van der Waals surface area (Å²) in [6, 6.07) is 0. The van der Waals surface area contributed by atoms with Crippen molar-refractivity contribution >= 4 is 7.60 Å². The van der Waals surface area contributed by atoms with Crippen LogP contribution in [0, 0.1) is 0 Å². The van der Waals surface area contributed by atoms with Gasteiger partial charge in [-0.25, -0.2) is 0 Å². The second kappa shape index (κ2) is 6.07. The molecular formula is C8H20NO6P. The Morgan fingerprint density at radius 1 is 1.44 bits per heavy atom. The third-order valence-corrected chi connectivity index (χ3v) is 2.80. The first-order valence-corrected chi connectivity index (χ1v) is 6.45. The first-order valence-electron chi connectivity index (χ1n) is 4.80. The fraction of sp³-hybridized carbons (Fsp3) is 1.00. The monoisotopic (exact) mass is 257 g/mol. The summed E-state index contributed by atoms with van der Waals surface area (Å²) in [5, 5.41) is 17.6. The van der Waals surface area contributed by atoms with Crippen LogP contribution in [0.2, 0.25) is 0 Å². The Labute approximate surface area is 95.0 Å². The van der Waals surface area contributed by atoms with Crippen LogP contribution in [0.15, 0.2) is 0 Å². The molecule has 0 aliphatic carbocycles. The van der Waals surface area contributed by atoms with Crippen LogP contribution in [0.1, 0.15) is 0 Å². The lowest BCUT2D eigenvalue weighted by Crippen LogP contribution is -2.44. The number of aliphatic hydroxyl groups is 2. The maximum absolute atomic E-state index is 11.0. The number of hydrogen-bond donors (Lipinski definition) is 3.